The van der Waals surface area contributed by atoms with Gasteiger partial charge >= 0.3 is 0 Å². The van der Waals surface area contributed by atoms with Crippen LogP contribution in [0.4, 0.5) is 5.82 Å². The summed E-state index contributed by atoms with van der Waals surface area (Å²) in [7, 11) is 0.818. The number of sulfone groups is 1. The Morgan fingerprint density at radius 1 is 1.16 bits per heavy atom. The van der Waals surface area contributed by atoms with Gasteiger partial charge in [-0.1, -0.05) is 18.2 Å². The average molecular weight is 523 g/mol. The molecule has 2 saturated carbocycles. The van der Waals surface area contributed by atoms with Crippen LogP contribution < -0.4 is 10.2 Å². The van der Waals surface area contributed by atoms with Crippen molar-refractivity contribution in [2.45, 2.75) is 57.8 Å². The van der Waals surface area contributed by atoms with E-state index in [0.29, 0.717) is 41.2 Å². The molecular formula is C29H38N4O3S. The van der Waals surface area contributed by atoms with Crippen LogP contribution in [0.5, 0.6) is 0 Å². The van der Waals surface area contributed by atoms with Gasteiger partial charge in [0.25, 0.3) is 5.91 Å². The summed E-state index contributed by atoms with van der Waals surface area (Å²) in [6.07, 6.45) is 13.7. The maximum atomic E-state index is 12.6. The van der Waals surface area contributed by atoms with Gasteiger partial charge in [-0.3, -0.25) is 4.79 Å². The second kappa shape index (κ2) is 10.2. The Morgan fingerprint density at radius 2 is 1.92 bits per heavy atom. The normalized spacial score (nSPS) is 25.5. The number of hydrogen-bond donors (Lipinski definition) is 1. The Balaban J connectivity index is 1.10. The fraction of sp³-hybridized carbons (Fsp3) is 0.552. The van der Waals surface area contributed by atoms with Gasteiger partial charge in [0.1, 0.15) is 11.6 Å². The number of hydrogen-bond acceptors (Lipinski definition) is 6. The number of carbonyl (C=O) groups excluding carboxylic acids is 1. The highest BCUT2D eigenvalue weighted by Gasteiger charge is 2.54. The van der Waals surface area contributed by atoms with Crippen LogP contribution >= 0.6 is 0 Å². The number of nitrogens with one attached hydrogen (secondary N) is 1. The Labute approximate surface area is 220 Å². The molecule has 8 heteroatoms. The molecule has 1 spiro atoms. The minimum atomic E-state index is -3.25. The maximum Gasteiger partial charge on any atom is 0.250 e. The fourth-order valence-electron chi connectivity index (χ4n) is 6.24. The van der Waals surface area contributed by atoms with Gasteiger partial charge in [-0.15, -0.1) is 0 Å². The fourth-order valence-corrected chi connectivity index (χ4v) is 7.07. The van der Waals surface area contributed by atoms with E-state index in [1.807, 2.05) is 32.3 Å². The van der Waals surface area contributed by atoms with Crippen LogP contribution in [0.25, 0.3) is 10.9 Å². The third-order valence-electron chi connectivity index (χ3n) is 8.59. The summed E-state index contributed by atoms with van der Waals surface area (Å²) in [5.74, 6) is 3.00. The quantitative estimate of drug-likeness (QED) is 0.545. The zero-order chi connectivity index (χ0) is 26.2. The molecule has 37 heavy (non-hydrogen) atoms. The van der Waals surface area contributed by atoms with E-state index in [1.54, 1.807) is 6.08 Å². The monoisotopic (exact) mass is 522 g/mol. The number of para-hydroxylation sites is 1. The van der Waals surface area contributed by atoms with E-state index in [4.69, 9.17) is 9.97 Å². The molecule has 1 aromatic heterocycles. The number of anilines is 1. The summed E-state index contributed by atoms with van der Waals surface area (Å²) >= 11 is 0. The summed E-state index contributed by atoms with van der Waals surface area (Å²) < 4.78 is 23.7. The van der Waals surface area contributed by atoms with Crippen LogP contribution in [0.3, 0.4) is 0 Å². The highest BCUT2D eigenvalue weighted by molar-refractivity contribution is 7.94. The summed E-state index contributed by atoms with van der Waals surface area (Å²) in [6, 6.07) is 8.22. The summed E-state index contributed by atoms with van der Waals surface area (Å²) in [5, 5.41) is 4.16. The van der Waals surface area contributed by atoms with Crippen LogP contribution in [-0.2, 0) is 21.1 Å². The lowest BCUT2D eigenvalue weighted by Gasteiger charge is -2.30. The molecule has 0 saturated heterocycles. The summed E-state index contributed by atoms with van der Waals surface area (Å²) in [5.41, 5.74) is 1.96. The maximum absolute atomic E-state index is 12.6. The van der Waals surface area contributed by atoms with Gasteiger partial charge in [0.2, 0.25) is 0 Å². The number of carbonyl (C=O) groups is 1. The topological polar surface area (TPSA) is 92.3 Å². The molecule has 7 nitrogen and oxygen atoms in total. The number of rotatable bonds is 8. The van der Waals surface area contributed by atoms with E-state index in [2.05, 4.69) is 22.3 Å². The van der Waals surface area contributed by atoms with Gasteiger partial charge in [-0.25, -0.2) is 18.4 Å². The predicted octanol–water partition coefficient (Wildman–Crippen LogP) is 4.59. The number of fused-ring (bicyclic) bond motifs is 1. The highest BCUT2D eigenvalue weighted by atomic mass is 32.2. The van der Waals surface area contributed by atoms with Crippen molar-refractivity contribution in [3.8, 4) is 0 Å². The third kappa shape index (κ3) is 5.74. The zero-order valence-corrected chi connectivity index (χ0v) is 23.0. The average Bonchev–Trinajstić information content (AvgIpc) is 3.57. The highest BCUT2D eigenvalue weighted by Crippen LogP contribution is 2.63. The lowest BCUT2D eigenvalue weighted by molar-refractivity contribution is -0.117. The minimum Gasteiger partial charge on any atom is -0.362 e. The molecule has 198 valence electrons. The second-order valence-corrected chi connectivity index (χ2v) is 13.5. The summed E-state index contributed by atoms with van der Waals surface area (Å²) in [4.78, 5) is 24.8. The Kier molecular flexibility index (Phi) is 7.14. The lowest BCUT2D eigenvalue weighted by atomic mass is 9.78. The molecule has 0 radical (unpaired) electrons. The van der Waals surface area contributed by atoms with Crippen LogP contribution in [0.15, 0.2) is 46.9 Å². The standard InChI is InChI=1S/C29H38N4O3S/c1-33(2)27-24-9-4-5-10-25(24)31-26(32-27)12-11-22-18-29(22)15-13-20(14-16-29)19-30-28(34)21-7-6-8-23(17-21)37(3,35)36/h4-5,7,9-10,17,20,22H,6,8,11-16,18-19H2,1-3H3,(H,30,34)/t20?,22-,29?/m0/s1. The van der Waals surface area contributed by atoms with Gasteiger partial charge < -0.3 is 10.2 Å². The number of aromatic nitrogens is 2. The minimum absolute atomic E-state index is 0.155. The molecule has 3 aliphatic rings. The molecule has 3 aliphatic carbocycles. The van der Waals surface area contributed by atoms with E-state index in [1.165, 1.54) is 25.5 Å². The first-order valence-electron chi connectivity index (χ1n) is 13.5. The molecule has 1 heterocycles. The van der Waals surface area contributed by atoms with Crippen LogP contribution in [-0.4, -0.2) is 51.2 Å². The van der Waals surface area contributed by atoms with Crippen molar-refractivity contribution in [1.82, 2.24) is 15.3 Å². The predicted molar refractivity (Wildman–Crippen MR) is 148 cm³/mol. The molecule has 1 amide bonds. The van der Waals surface area contributed by atoms with Gasteiger partial charge in [0.15, 0.2) is 9.84 Å². The molecular weight excluding hydrogens is 484 g/mol. The van der Waals surface area contributed by atoms with Crippen molar-refractivity contribution in [1.29, 1.82) is 0 Å². The molecule has 1 aromatic carbocycles. The van der Waals surface area contributed by atoms with Crippen molar-refractivity contribution in [2.75, 3.05) is 31.8 Å². The summed E-state index contributed by atoms with van der Waals surface area (Å²) in [6.45, 7) is 0.664. The van der Waals surface area contributed by atoms with Gasteiger partial charge in [-0.2, -0.15) is 0 Å². The zero-order valence-electron chi connectivity index (χ0n) is 22.2. The molecule has 0 aliphatic heterocycles. The van der Waals surface area contributed by atoms with Crippen molar-refractivity contribution < 1.29 is 13.2 Å². The molecule has 5 rings (SSSR count). The van der Waals surface area contributed by atoms with E-state index >= 15 is 0 Å². The van der Waals surface area contributed by atoms with Crippen molar-refractivity contribution in [3.63, 3.8) is 0 Å². The number of amides is 1. The number of aryl methyl sites for hydroxylation is 1. The first-order valence-corrected chi connectivity index (χ1v) is 15.4. The number of benzene rings is 1. The third-order valence-corrected chi connectivity index (χ3v) is 9.86. The molecule has 0 unspecified atom stereocenters. The number of allylic oxidation sites excluding steroid dienone is 2. The number of nitrogens with zero attached hydrogens (tertiary/aromatic N) is 3. The smallest absolute Gasteiger partial charge is 0.250 e. The van der Waals surface area contributed by atoms with E-state index in [-0.39, 0.29) is 5.91 Å². The van der Waals surface area contributed by atoms with E-state index < -0.39 is 9.84 Å². The Hall–Kier alpha value is -2.74. The molecule has 2 aromatic rings. The molecule has 0 bridgehead atoms. The van der Waals surface area contributed by atoms with Crippen molar-refractivity contribution in [3.05, 3.63) is 52.7 Å². The van der Waals surface area contributed by atoms with E-state index in [9.17, 15) is 13.2 Å². The van der Waals surface area contributed by atoms with Crippen LogP contribution in [0.2, 0.25) is 0 Å². The lowest BCUT2D eigenvalue weighted by Crippen LogP contribution is -2.32. The van der Waals surface area contributed by atoms with Crippen LogP contribution in [0.1, 0.15) is 57.2 Å². The van der Waals surface area contributed by atoms with Crippen molar-refractivity contribution >= 4 is 32.5 Å². The van der Waals surface area contributed by atoms with Gasteiger partial charge in [0, 0.05) is 49.2 Å². The SMILES string of the molecule is CN(C)c1nc(CC[C@H]2CC23CCC(CNC(=O)C2=CCCC(S(C)(=O)=O)=C2)CC3)nc2ccccc12. The van der Waals surface area contributed by atoms with Gasteiger partial charge in [-0.05, 0) is 86.8 Å². The molecule has 1 atom stereocenters. The first-order chi connectivity index (χ1) is 17.6. The van der Waals surface area contributed by atoms with Gasteiger partial charge in [0.05, 0.1) is 5.52 Å². The molecule has 2 fully saturated rings. The second-order valence-electron chi connectivity index (χ2n) is 11.4. The Morgan fingerprint density at radius 3 is 2.65 bits per heavy atom. The van der Waals surface area contributed by atoms with Crippen molar-refractivity contribution in [2.24, 2.45) is 17.3 Å². The first kappa shape index (κ1) is 25.9. The van der Waals surface area contributed by atoms with E-state index in [0.717, 1.165) is 54.1 Å². The Bertz CT molecular complexity index is 1350. The largest absolute Gasteiger partial charge is 0.362 e. The van der Waals surface area contributed by atoms with Crippen LogP contribution in [0, 0.1) is 17.3 Å². The molecule has 1 N–H and O–H groups in total.